The summed E-state index contributed by atoms with van der Waals surface area (Å²) in [6.07, 6.45) is 6.00. The smallest absolute Gasteiger partial charge is 0.223 e. The number of aryl methyl sites for hydroxylation is 2. The van der Waals surface area contributed by atoms with E-state index in [0.717, 1.165) is 25.0 Å². The van der Waals surface area contributed by atoms with Gasteiger partial charge in [-0.25, -0.2) is 4.98 Å². The normalized spacial score (nSPS) is 16.9. The van der Waals surface area contributed by atoms with Gasteiger partial charge in [-0.2, -0.15) is 10.1 Å². The van der Waals surface area contributed by atoms with Gasteiger partial charge in [-0.3, -0.25) is 9.48 Å². The van der Waals surface area contributed by atoms with E-state index in [4.69, 9.17) is 4.74 Å². The molecule has 1 amide bonds. The van der Waals surface area contributed by atoms with Crippen LogP contribution < -0.4 is 10.1 Å². The second-order valence-electron chi connectivity index (χ2n) is 5.41. The van der Waals surface area contributed by atoms with E-state index in [9.17, 15) is 4.79 Å². The van der Waals surface area contributed by atoms with Crippen LogP contribution in [0.1, 0.15) is 23.5 Å². The molecule has 0 fully saturated rings. The van der Waals surface area contributed by atoms with Crippen LogP contribution in [0.4, 0.5) is 0 Å². The number of aromatic nitrogens is 4. The van der Waals surface area contributed by atoms with Crippen molar-refractivity contribution in [1.82, 2.24) is 25.1 Å². The van der Waals surface area contributed by atoms with Crippen molar-refractivity contribution >= 4 is 5.91 Å². The molecule has 2 aromatic rings. The van der Waals surface area contributed by atoms with Crippen LogP contribution in [0.5, 0.6) is 5.88 Å². The molecule has 2 aromatic heterocycles. The quantitative estimate of drug-likeness (QED) is 0.896. The van der Waals surface area contributed by atoms with E-state index < -0.39 is 0 Å². The molecule has 1 atom stereocenters. The van der Waals surface area contributed by atoms with Gasteiger partial charge in [0.2, 0.25) is 11.8 Å². The van der Waals surface area contributed by atoms with E-state index in [2.05, 4.69) is 20.4 Å². The van der Waals surface area contributed by atoms with Crippen LogP contribution in [0.2, 0.25) is 0 Å². The maximum absolute atomic E-state index is 12.3. The molecule has 7 nitrogen and oxygen atoms in total. The molecule has 1 aliphatic carbocycles. The number of methoxy groups -OCH3 is 1. The number of rotatable bonds is 4. The van der Waals surface area contributed by atoms with Gasteiger partial charge in [0.1, 0.15) is 0 Å². The summed E-state index contributed by atoms with van der Waals surface area (Å²) in [4.78, 5) is 20.7. The van der Waals surface area contributed by atoms with E-state index >= 15 is 0 Å². The highest BCUT2D eigenvalue weighted by atomic mass is 16.5. The first-order valence-electron chi connectivity index (χ1n) is 7.30. The average Bonchev–Trinajstić information content (AvgIpc) is 2.93. The molecule has 0 saturated heterocycles. The Morgan fingerprint density at radius 1 is 1.55 bits per heavy atom. The topological polar surface area (TPSA) is 81.9 Å². The Hall–Kier alpha value is -2.44. The van der Waals surface area contributed by atoms with Crippen LogP contribution in [-0.4, -0.2) is 32.8 Å². The van der Waals surface area contributed by atoms with Crippen LogP contribution in [0, 0.1) is 5.92 Å². The van der Waals surface area contributed by atoms with Crippen LogP contribution in [-0.2, 0) is 31.2 Å². The van der Waals surface area contributed by atoms with Crippen molar-refractivity contribution in [1.29, 1.82) is 0 Å². The highest BCUT2D eigenvalue weighted by molar-refractivity contribution is 5.79. The Bertz CT molecular complexity index is 682. The summed E-state index contributed by atoms with van der Waals surface area (Å²) < 4.78 is 6.91. The standard InChI is InChI=1S/C15H19N5O2/c1-20-12-7-10(3-4-11(12)8-18-20)15(21)17-9-13-16-6-5-14(19-13)22-2/h5-6,8,10H,3-4,7,9H2,1-2H3,(H,17,21). The van der Waals surface area contributed by atoms with Gasteiger partial charge in [0.25, 0.3) is 0 Å². The lowest BCUT2D eigenvalue weighted by Gasteiger charge is -2.21. The number of fused-ring (bicyclic) bond motifs is 1. The number of hydrogen-bond acceptors (Lipinski definition) is 5. The molecule has 7 heteroatoms. The lowest BCUT2D eigenvalue weighted by molar-refractivity contribution is -0.125. The minimum atomic E-state index is -0.0199. The Balaban J connectivity index is 1.60. The predicted octanol–water partition coefficient (Wildman–Crippen LogP) is 0.640. The average molecular weight is 301 g/mol. The fourth-order valence-electron chi connectivity index (χ4n) is 2.76. The van der Waals surface area contributed by atoms with E-state index in [1.165, 1.54) is 5.56 Å². The maximum Gasteiger partial charge on any atom is 0.223 e. The monoisotopic (exact) mass is 301 g/mol. The summed E-state index contributed by atoms with van der Waals surface area (Å²) in [6, 6.07) is 1.68. The van der Waals surface area contributed by atoms with E-state index in [1.54, 1.807) is 19.4 Å². The molecule has 0 saturated carbocycles. The summed E-state index contributed by atoms with van der Waals surface area (Å²) in [6.45, 7) is 0.310. The molecule has 1 unspecified atom stereocenters. The molecular weight excluding hydrogens is 282 g/mol. The van der Waals surface area contributed by atoms with Crippen LogP contribution in [0.15, 0.2) is 18.5 Å². The van der Waals surface area contributed by atoms with Gasteiger partial charge in [0, 0.05) is 37.3 Å². The Morgan fingerprint density at radius 3 is 3.23 bits per heavy atom. The molecule has 22 heavy (non-hydrogen) atoms. The summed E-state index contributed by atoms with van der Waals surface area (Å²) in [5.74, 6) is 1.06. The van der Waals surface area contributed by atoms with E-state index in [0.29, 0.717) is 18.2 Å². The third kappa shape index (κ3) is 2.93. The summed E-state index contributed by atoms with van der Waals surface area (Å²) in [5, 5.41) is 7.17. The minimum Gasteiger partial charge on any atom is -0.481 e. The Labute approximate surface area is 128 Å². The highest BCUT2D eigenvalue weighted by Crippen LogP contribution is 2.25. The molecule has 1 aliphatic rings. The van der Waals surface area contributed by atoms with Gasteiger partial charge >= 0.3 is 0 Å². The minimum absolute atomic E-state index is 0.0199. The summed E-state index contributed by atoms with van der Waals surface area (Å²) in [5.41, 5.74) is 2.41. The second-order valence-corrected chi connectivity index (χ2v) is 5.41. The number of nitrogens with one attached hydrogen (secondary N) is 1. The molecular formula is C15H19N5O2. The predicted molar refractivity (Wildman–Crippen MR) is 79.2 cm³/mol. The molecule has 0 spiro atoms. The number of carbonyl (C=O) groups excluding carboxylic acids is 1. The summed E-state index contributed by atoms with van der Waals surface area (Å²) in [7, 11) is 3.47. The van der Waals surface area contributed by atoms with Crippen molar-refractivity contribution in [2.24, 2.45) is 13.0 Å². The SMILES string of the molecule is COc1ccnc(CNC(=O)C2CCc3cnn(C)c3C2)n1. The van der Waals surface area contributed by atoms with Gasteiger partial charge < -0.3 is 10.1 Å². The van der Waals surface area contributed by atoms with Crippen molar-refractivity contribution in [2.45, 2.75) is 25.8 Å². The van der Waals surface area contributed by atoms with Gasteiger partial charge in [0.15, 0.2) is 5.82 Å². The lowest BCUT2D eigenvalue weighted by Crippen LogP contribution is -2.34. The van der Waals surface area contributed by atoms with Crippen LogP contribution in [0.3, 0.4) is 0 Å². The number of nitrogens with zero attached hydrogens (tertiary/aromatic N) is 4. The Kier molecular flexibility index (Phi) is 4.04. The molecule has 0 aromatic carbocycles. The first-order valence-corrected chi connectivity index (χ1v) is 7.30. The van der Waals surface area contributed by atoms with Crippen molar-refractivity contribution in [3.8, 4) is 5.88 Å². The summed E-state index contributed by atoms with van der Waals surface area (Å²) >= 11 is 0. The van der Waals surface area contributed by atoms with Crippen molar-refractivity contribution < 1.29 is 9.53 Å². The number of amides is 1. The largest absolute Gasteiger partial charge is 0.481 e. The fraction of sp³-hybridized carbons (Fsp3) is 0.467. The lowest BCUT2D eigenvalue weighted by atomic mass is 9.87. The Morgan fingerprint density at radius 2 is 2.41 bits per heavy atom. The van der Waals surface area contributed by atoms with E-state index in [-0.39, 0.29) is 11.8 Å². The zero-order chi connectivity index (χ0) is 15.5. The third-order valence-corrected chi connectivity index (χ3v) is 4.03. The van der Waals surface area contributed by atoms with E-state index in [1.807, 2.05) is 17.9 Å². The van der Waals surface area contributed by atoms with Gasteiger partial charge in [-0.15, -0.1) is 0 Å². The number of carbonyl (C=O) groups is 1. The zero-order valence-corrected chi connectivity index (χ0v) is 12.7. The van der Waals surface area contributed by atoms with Crippen LogP contribution >= 0.6 is 0 Å². The molecule has 116 valence electrons. The zero-order valence-electron chi connectivity index (χ0n) is 12.7. The molecule has 0 bridgehead atoms. The van der Waals surface area contributed by atoms with Crippen molar-refractivity contribution in [2.75, 3.05) is 7.11 Å². The van der Waals surface area contributed by atoms with Gasteiger partial charge in [0.05, 0.1) is 19.9 Å². The maximum atomic E-state index is 12.3. The van der Waals surface area contributed by atoms with Crippen molar-refractivity contribution in [3.63, 3.8) is 0 Å². The van der Waals surface area contributed by atoms with Crippen LogP contribution in [0.25, 0.3) is 0 Å². The molecule has 3 rings (SSSR count). The highest BCUT2D eigenvalue weighted by Gasteiger charge is 2.26. The van der Waals surface area contributed by atoms with Gasteiger partial charge in [-0.1, -0.05) is 0 Å². The van der Waals surface area contributed by atoms with Gasteiger partial charge in [-0.05, 0) is 18.4 Å². The molecule has 1 N–H and O–H groups in total. The number of ether oxygens (including phenoxy) is 1. The first-order chi connectivity index (χ1) is 10.7. The third-order valence-electron chi connectivity index (χ3n) is 4.03. The first kappa shape index (κ1) is 14.5. The molecule has 0 aliphatic heterocycles. The fourth-order valence-corrected chi connectivity index (χ4v) is 2.76. The molecule has 0 radical (unpaired) electrons. The number of hydrogen-bond donors (Lipinski definition) is 1. The second kappa shape index (κ2) is 6.13. The van der Waals surface area contributed by atoms with Crippen molar-refractivity contribution in [3.05, 3.63) is 35.5 Å². The molecule has 2 heterocycles.